The van der Waals surface area contributed by atoms with Gasteiger partial charge in [0.15, 0.2) is 0 Å². The van der Waals surface area contributed by atoms with Crippen LogP contribution in [0.15, 0.2) is 18.2 Å². The van der Waals surface area contributed by atoms with Crippen LogP contribution in [0.25, 0.3) is 0 Å². The fraction of sp³-hybridized carbons (Fsp3) is 0.400. The molecule has 1 aromatic rings. The van der Waals surface area contributed by atoms with E-state index in [9.17, 15) is 10.1 Å². The summed E-state index contributed by atoms with van der Waals surface area (Å²) in [6.07, 6.45) is 0. The van der Waals surface area contributed by atoms with E-state index in [1.165, 1.54) is 18.2 Å². The number of nitrogens with one attached hydrogen (secondary N) is 1. The number of aliphatic hydroxyl groups excluding tert-OH is 3. The van der Waals surface area contributed by atoms with Gasteiger partial charge in [-0.3, -0.25) is 10.1 Å². The summed E-state index contributed by atoms with van der Waals surface area (Å²) < 4.78 is 0. The number of hydrogen-bond acceptors (Lipinski definition) is 7. The van der Waals surface area contributed by atoms with Crippen LogP contribution >= 0.6 is 0 Å². The van der Waals surface area contributed by atoms with Gasteiger partial charge in [-0.2, -0.15) is 0 Å². The number of nitro benzene ring substituents is 1. The van der Waals surface area contributed by atoms with Crippen molar-refractivity contribution in [2.75, 3.05) is 30.9 Å². The lowest BCUT2D eigenvalue weighted by atomic mass is 10.0. The van der Waals surface area contributed by atoms with Crippen LogP contribution in [-0.4, -0.2) is 45.6 Å². The Kier molecular flexibility index (Phi) is 4.43. The number of nitro groups is 1. The molecule has 1 aromatic carbocycles. The average molecular weight is 257 g/mol. The van der Waals surface area contributed by atoms with Crippen LogP contribution in [0, 0.1) is 10.1 Å². The number of benzene rings is 1. The molecule has 0 aliphatic heterocycles. The molecule has 0 unspecified atom stereocenters. The number of para-hydroxylation sites is 1. The quantitative estimate of drug-likeness (QED) is 0.258. The summed E-state index contributed by atoms with van der Waals surface area (Å²) in [5.41, 5.74) is 3.66. The van der Waals surface area contributed by atoms with Crippen molar-refractivity contribution in [1.29, 1.82) is 0 Å². The Morgan fingerprint density at radius 2 is 1.83 bits per heavy atom. The molecule has 0 aliphatic carbocycles. The highest BCUT2D eigenvalue weighted by Crippen LogP contribution is 2.32. The van der Waals surface area contributed by atoms with Crippen LogP contribution in [-0.2, 0) is 0 Å². The van der Waals surface area contributed by atoms with Crippen LogP contribution in [0.5, 0.6) is 0 Å². The molecule has 100 valence electrons. The van der Waals surface area contributed by atoms with Gasteiger partial charge in [0.2, 0.25) is 0 Å². The topological polar surface area (TPSA) is 142 Å². The van der Waals surface area contributed by atoms with Crippen molar-refractivity contribution in [3.8, 4) is 0 Å². The number of rotatable bonds is 6. The lowest BCUT2D eigenvalue weighted by Gasteiger charge is -2.29. The van der Waals surface area contributed by atoms with Gasteiger partial charge in [-0.15, -0.1) is 0 Å². The summed E-state index contributed by atoms with van der Waals surface area (Å²) in [5, 5.41) is 40.9. The Morgan fingerprint density at radius 1 is 1.28 bits per heavy atom. The van der Waals surface area contributed by atoms with E-state index >= 15 is 0 Å². The maximum atomic E-state index is 10.9. The maximum Gasteiger partial charge on any atom is 0.314 e. The summed E-state index contributed by atoms with van der Waals surface area (Å²) in [7, 11) is 0. The highest BCUT2D eigenvalue weighted by atomic mass is 16.6. The molecule has 0 aliphatic rings. The fourth-order valence-electron chi connectivity index (χ4n) is 1.42. The lowest BCUT2D eigenvalue weighted by Crippen LogP contribution is -2.49. The van der Waals surface area contributed by atoms with Crippen LogP contribution in [0.1, 0.15) is 0 Å². The van der Waals surface area contributed by atoms with Crippen molar-refractivity contribution in [2.24, 2.45) is 0 Å². The van der Waals surface area contributed by atoms with E-state index in [0.717, 1.165) is 0 Å². The summed E-state index contributed by atoms with van der Waals surface area (Å²) in [6.45, 7) is -1.77. The van der Waals surface area contributed by atoms with Crippen LogP contribution in [0.2, 0.25) is 0 Å². The van der Waals surface area contributed by atoms with Gasteiger partial charge in [0.25, 0.3) is 0 Å². The number of aliphatic hydroxyl groups is 3. The van der Waals surface area contributed by atoms with Crippen molar-refractivity contribution in [2.45, 2.75) is 5.54 Å². The molecule has 0 bridgehead atoms. The molecular formula is C10H15N3O5. The zero-order chi connectivity index (χ0) is 13.8. The molecular weight excluding hydrogens is 242 g/mol. The number of anilines is 2. The minimum atomic E-state index is -1.45. The first-order valence-corrected chi connectivity index (χ1v) is 5.13. The second-order valence-corrected chi connectivity index (χ2v) is 3.88. The number of nitrogens with zero attached hydrogens (tertiary/aromatic N) is 1. The second-order valence-electron chi connectivity index (χ2n) is 3.88. The highest BCUT2D eigenvalue weighted by molar-refractivity contribution is 5.75. The molecule has 0 saturated carbocycles. The van der Waals surface area contributed by atoms with Crippen molar-refractivity contribution < 1.29 is 20.2 Å². The summed E-state index contributed by atoms with van der Waals surface area (Å²) in [6, 6.07) is 4.23. The molecule has 1 rings (SSSR count). The van der Waals surface area contributed by atoms with Gasteiger partial charge in [0.1, 0.15) is 16.9 Å². The first kappa shape index (κ1) is 14.2. The minimum Gasteiger partial charge on any atom is -0.394 e. The summed E-state index contributed by atoms with van der Waals surface area (Å²) in [4.78, 5) is 10.2. The molecule has 0 fully saturated rings. The SMILES string of the molecule is Nc1cccc(NC(CO)(CO)CO)c1[N+](=O)[O-]. The Hall–Kier alpha value is -1.90. The van der Waals surface area contributed by atoms with Gasteiger partial charge in [0, 0.05) is 0 Å². The Labute approximate surface area is 103 Å². The Balaban J connectivity index is 3.18. The number of hydrogen-bond donors (Lipinski definition) is 5. The fourth-order valence-corrected chi connectivity index (χ4v) is 1.42. The van der Waals surface area contributed by atoms with E-state index in [1.807, 2.05) is 0 Å². The molecule has 18 heavy (non-hydrogen) atoms. The van der Waals surface area contributed by atoms with Crippen molar-refractivity contribution in [3.63, 3.8) is 0 Å². The van der Waals surface area contributed by atoms with E-state index in [2.05, 4.69) is 5.32 Å². The van der Waals surface area contributed by atoms with E-state index in [0.29, 0.717) is 0 Å². The molecule has 8 heteroatoms. The number of nitrogen functional groups attached to an aromatic ring is 1. The predicted molar refractivity (Wildman–Crippen MR) is 65.1 cm³/mol. The van der Waals surface area contributed by atoms with Crippen LogP contribution < -0.4 is 11.1 Å². The van der Waals surface area contributed by atoms with Crippen molar-refractivity contribution >= 4 is 17.1 Å². The zero-order valence-electron chi connectivity index (χ0n) is 9.54. The van der Waals surface area contributed by atoms with Gasteiger partial charge in [-0.25, -0.2) is 0 Å². The number of nitrogens with two attached hydrogens (primary N) is 1. The second kappa shape index (κ2) is 5.63. The van der Waals surface area contributed by atoms with Gasteiger partial charge < -0.3 is 26.4 Å². The van der Waals surface area contributed by atoms with E-state index < -0.39 is 30.3 Å². The first-order valence-electron chi connectivity index (χ1n) is 5.13. The molecule has 6 N–H and O–H groups in total. The zero-order valence-corrected chi connectivity index (χ0v) is 9.54. The Bertz CT molecular complexity index is 425. The monoisotopic (exact) mass is 257 g/mol. The minimum absolute atomic E-state index is 0.0251. The third-order valence-electron chi connectivity index (χ3n) is 2.56. The van der Waals surface area contributed by atoms with Gasteiger partial charge >= 0.3 is 5.69 Å². The predicted octanol–water partition coefficient (Wildman–Crippen LogP) is -0.695. The van der Waals surface area contributed by atoms with E-state index in [-0.39, 0.29) is 17.1 Å². The van der Waals surface area contributed by atoms with Gasteiger partial charge in [-0.05, 0) is 12.1 Å². The maximum absolute atomic E-state index is 10.9. The van der Waals surface area contributed by atoms with Crippen LogP contribution in [0.4, 0.5) is 17.1 Å². The molecule has 0 aromatic heterocycles. The van der Waals surface area contributed by atoms with Gasteiger partial charge in [-0.1, -0.05) is 6.07 Å². The molecule has 0 atom stereocenters. The highest BCUT2D eigenvalue weighted by Gasteiger charge is 2.31. The average Bonchev–Trinajstić information content (AvgIpc) is 2.35. The third-order valence-corrected chi connectivity index (χ3v) is 2.56. The molecule has 0 amide bonds. The standard InChI is InChI=1S/C10H15N3O5/c11-7-2-1-3-8(9(7)13(17)18)12-10(4-14,5-15)6-16/h1-3,12,14-16H,4-6,11H2. The van der Waals surface area contributed by atoms with E-state index in [4.69, 9.17) is 21.1 Å². The molecule has 0 radical (unpaired) electrons. The van der Waals surface area contributed by atoms with Gasteiger partial charge in [0.05, 0.1) is 24.7 Å². The van der Waals surface area contributed by atoms with Crippen molar-refractivity contribution in [1.82, 2.24) is 0 Å². The molecule has 0 saturated heterocycles. The van der Waals surface area contributed by atoms with Crippen LogP contribution in [0.3, 0.4) is 0 Å². The van der Waals surface area contributed by atoms with E-state index in [1.54, 1.807) is 0 Å². The largest absolute Gasteiger partial charge is 0.394 e. The smallest absolute Gasteiger partial charge is 0.314 e. The summed E-state index contributed by atoms with van der Waals surface area (Å²) in [5.74, 6) is 0. The summed E-state index contributed by atoms with van der Waals surface area (Å²) >= 11 is 0. The molecule has 0 spiro atoms. The first-order chi connectivity index (χ1) is 8.49. The molecule has 0 heterocycles. The normalized spacial score (nSPS) is 11.3. The third kappa shape index (κ3) is 2.67. The lowest BCUT2D eigenvalue weighted by molar-refractivity contribution is -0.383. The van der Waals surface area contributed by atoms with Crippen molar-refractivity contribution in [3.05, 3.63) is 28.3 Å². The molecule has 8 nitrogen and oxygen atoms in total. The Morgan fingerprint density at radius 3 is 2.28 bits per heavy atom.